The predicted octanol–water partition coefficient (Wildman–Crippen LogP) is 6.40. The van der Waals surface area contributed by atoms with Crippen LogP contribution in [0.4, 0.5) is 43.3 Å². The van der Waals surface area contributed by atoms with Gasteiger partial charge in [-0.2, -0.15) is 10.1 Å². The van der Waals surface area contributed by atoms with Crippen molar-refractivity contribution in [1.82, 2.24) is 39.8 Å². The molecule has 0 spiro atoms. The number of piperidine rings is 2. The highest BCUT2D eigenvalue weighted by Gasteiger charge is 2.35. The zero-order valence-electron chi connectivity index (χ0n) is 42.6. The van der Waals surface area contributed by atoms with Crippen LogP contribution < -0.4 is 41.4 Å². The molecule has 74 heavy (non-hydrogen) atoms. The molecule has 4 fully saturated rings. The molecule has 2 aromatic heterocycles. The number of carbonyl (C=O) groups is 3. The molecule has 0 saturated carbocycles. The number of fused-ring (bicyclic) bond motifs is 1. The Morgan fingerprint density at radius 2 is 1.57 bits per heavy atom. The Morgan fingerprint density at radius 3 is 2.22 bits per heavy atom. The van der Waals surface area contributed by atoms with Crippen molar-refractivity contribution in [2.75, 3.05) is 112 Å². The van der Waals surface area contributed by atoms with Gasteiger partial charge in [-0.3, -0.25) is 34.3 Å². The van der Waals surface area contributed by atoms with Crippen molar-refractivity contribution in [2.24, 2.45) is 0 Å². The van der Waals surface area contributed by atoms with Crippen LogP contribution in [0.2, 0.25) is 0 Å². The maximum Gasteiger partial charge on any atom is 0.274 e. The topological polar surface area (TPSA) is 190 Å². The smallest absolute Gasteiger partial charge is 0.274 e. The molecule has 3 N–H and O–H groups in total. The Balaban J connectivity index is 0.780. The number of hydrogen-bond acceptors (Lipinski definition) is 15. The van der Waals surface area contributed by atoms with Crippen LogP contribution in [0.25, 0.3) is 10.8 Å². The molecular formula is C52H64BrF2N12O6P. The van der Waals surface area contributed by atoms with Crippen molar-refractivity contribution in [3.05, 3.63) is 86.4 Å². The molecule has 6 heterocycles. The number of imide groups is 1. The Morgan fingerprint density at radius 1 is 0.851 bits per heavy atom. The molecule has 0 radical (unpaired) electrons. The largest absolute Gasteiger partial charge is 0.492 e. The van der Waals surface area contributed by atoms with Gasteiger partial charge in [-0.15, -0.1) is 0 Å². The highest BCUT2D eigenvalue weighted by Crippen LogP contribution is 2.42. The summed E-state index contributed by atoms with van der Waals surface area (Å²) in [6.45, 7) is 17.2. The number of benzene rings is 3. The number of nitrogens with one attached hydrogen (secondary N) is 3. The molecule has 0 bridgehead atoms. The molecule has 3 amide bonds. The van der Waals surface area contributed by atoms with Crippen molar-refractivity contribution < 1.29 is 32.5 Å². The maximum atomic E-state index is 15.3. The summed E-state index contributed by atoms with van der Waals surface area (Å²) in [6.07, 6.45) is 6.10. The Kier molecular flexibility index (Phi) is 16.0. The van der Waals surface area contributed by atoms with E-state index in [0.717, 1.165) is 62.4 Å². The first-order valence-electron chi connectivity index (χ1n) is 25.5. The number of aryl methyl sites for hydroxylation is 2. The van der Waals surface area contributed by atoms with Crippen LogP contribution in [0, 0.1) is 11.6 Å². The first kappa shape index (κ1) is 52.8. The van der Waals surface area contributed by atoms with E-state index < -0.39 is 36.5 Å². The van der Waals surface area contributed by atoms with Crippen molar-refractivity contribution in [1.29, 1.82) is 0 Å². The van der Waals surface area contributed by atoms with Gasteiger partial charge in [-0.05, 0) is 105 Å². The van der Waals surface area contributed by atoms with Crippen LogP contribution in [0.5, 0.6) is 5.75 Å². The fourth-order valence-electron chi connectivity index (χ4n) is 10.8. The minimum atomic E-state index is -2.93. The van der Waals surface area contributed by atoms with Crippen molar-refractivity contribution in [2.45, 2.75) is 71.4 Å². The number of nitrogens with zero attached hydrogens (tertiary/aromatic N) is 9. The van der Waals surface area contributed by atoms with E-state index in [9.17, 15) is 23.7 Å². The number of amides is 3. The van der Waals surface area contributed by atoms with Crippen LogP contribution in [0.15, 0.2) is 58.1 Å². The van der Waals surface area contributed by atoms with Crippen LogP contribution in [-0.2, 0) is 31.9 Å². The summed E-state index contributed by atoms with van der Waals surface area (Å²) in [7, 11) is -2.93. The third-order valence-corrected chi connectivity index (χ3v) is 16.8. The van der Waals surface area contributed by atoms with Gasteiger partial charge in [0, 0.05) is 124 Å². The number of piperazine rings is 2. The first-order valence-corrected chi connectivity index (χ1v) is 28.9. The molecule has 5 aromatic rings. The van der Waals surface area contributed by atoms with Crippen LogP contribution in [-0.4, -0.2) is 150 Å². The van der Waals surface area contributed by atoms with Gasteiger partial charge in [-0.1, -0.05) is 6.92 Å². The average Bonchev–Trinajstić information content (AvgIpc) is 3.38. The monoisotopic (exact) mass is 1100 g/mol. The van der Waals surface area contributed by atoms with Gasteiger partial charge in [0.1, 0.15) is 30.3 Å². The number of hydrogen-bond donors (Lipinski definition) is 3. The van der Waals surface area contributed by atoms with Crippen molar-refractivity contribution >= 4 is 91.4 Å². The molecule has 22 heteroatoms. The van der Waals surface area contributed by atoms with Crippen LogP contribution >= 0.6 is 23.1 Å². The second-order valence-corrected chi connectivity index (χ2v) is 23.7. The van der Waals surface area contributed by atoms with E-state index in [1.54, 1.807) is 37.9 Å². The molecule has 1 atom stereocenters. The molecule has 394 valence electrons. The molecule has 9 rings (SSSR count). The Hall–Kier alpha value is -6.02. The zero-order valence-corrected chi connectivity index (χ0v) is 45.0. The predicted molar refractivity (Wildman–Crippen MR) is 288 cm³/mol. The molecule has 1 unspecified atom stereocenters. The molecular weight excluding hydrogens is 1040 g/mol. The van der Waals surface area contributed by atoms with E-state index in [4.69, 9.17) is 9.72 Å². The Labute approximate surface area is 437 Å². The first-order chi connectivity index (χ1) is 35.5. The highest BCUT2D eigenvalue weighted by molar-refractivity contribution is 9.10. The lowest BCUT2D eigenvalue weighted by molar-refractivity contribution is -0.135. The summed E-state index contributed by atoms with van der Waals surface area (Å²) in [5, 5.41) is 14.8. The second kappa shape index (κ2) is 22.4. The van der Waals surface area contributed by atoms with Gasteiger partial charge in [0.2, 0.25) is 23.7 Å². The van der Waals surface area contributed by atoms with E-state index in [2.05, 4.69) is 75.7 Å². The van der Waals surface area contributed by atoms with Gasteiger partial charge in [-0.25, -0.2) is 18.4 Å². The van der Waals surface area contributed by atoms with E-state index in [-0.39, 0.29) is 36.4 Å². The second-order valence-electron chi connectivity index (χ2n) is 19.7. The van der Waals surface area contributed by atoms with Gasteiger partial charge >= 0.3 is 0 Å². The van der Waals surface area contributed by atoms with Crippen LogP contribution in [0.3, 0.4) is 0 Å². The van der Waals surface area contributed by atoms with E-state index in [1.165, 1.54) is 16.8 Å². The van der Waals surface area contributed by atoms with Crippen molar-refractivity contribution in [3.8, 4) is 5.75 Å². The maximum absolute atomic E-state index is 15.3. The van der Waals surface area contributed by atoms with Gasteiger partial charge in [0.25, 0.3) is 5.56 Å². The number of anilines is 6. The lowest BCUT2D eigenvalue weighted by Gasteiger charge is -2.44. The Bertz CT molecular complexity index is 3040. The summed E-state index contributed by atoms with van der Waals surface area (Å²) in [4.78, 5) is 70.9. The summed E-state index contributed by atoms with van der Waals surface area (Å²) in [5.74, 6) is -2.25. The van der Waals surface area contributed by atoms with E-state index in [1.807, 2.05) is 23.6 Å². The number of ether oxygens (including phenoxy) is 1. The molecule has 4 aliphatic rings. The molecule has 18 nitrogen and oxygen atoms in total. The summed E-state index contributed by atoms with van der Waals surface area (Å²) in [5.41, 5.74) is 3.41. The lowest BCUT2D eigenvalue weighted by Crippen LogP contribution is -2.56. The molecule has 4 saturated heterocycles. The van der Waals surface area contributed by atoms with Gasteiger partial charge < -0.3 is 34.6 Å². The lowest BCUT2D eigenvalue weighted by atomic mass is 9.89. The normalized spacial score (nSPS) is 18.5. The third kappa shape index (κ3) is 11.3. The number of aromatic nitrogens is 4. The van der Waals surface area contributed by atoms with Crippen LogP contribution in [0.1, 0.15) is 63.5 Å². The van der Waals surface area contributed by atoms with Crippen molar-refractivity contribution in [3.63, 3.8) is 0 Å². The fraction of sp³-hybridized carbons (Fsp3) is 0.481. The SMILES string of the molecule is CCOc1cc(N2CCC(N3CCN(C(=O)CN4CCN(c5cc(F)c(C6CCC(=O)NC6=O)c(F)c5)CC4)CC3)CC2)c(CC)cc1Nc1ncc(Br)c(Nc2ccc3c(=O)n(CC)ncc3c2P(C)(C)=O)n1. The van der Waals surface area contributed by atoms with Gasteiger partial charge in [0.15, 0.2) is 0 Å². The minimum absolute atomic E-state index is 0.0323. The number of halogens is 3. The summed E-state index contributed by atoms with van der Waals surface area (Å²) < 4.78 is 52.5. The highest BCUT2D eigenvalue weighted by atomic mass is 79.9. The fourth-order valence-corrected chi connectivity index (χ4v) is 12.6. The third-order valence-electron chi connectivity index (χ3n) is 14.7. The number of rotatable bonds is 15. The van der Waals surface area contributed by atoms with Gasteiger partial charge in [0.05, 0.1) is 46.5 Å². The quantitative estimate of drug-likeness (QED) is 0.0771. The average molecular weight is 1100 g/mol. The number of carbonyl (C=O) groups excluding carboxylic acids is 3. The molecule has 0 aliphatic carbocycles. The summed E-state index contributed by atoms with van der Waals surface area (Å²) in [6, 6.07) is 10.6. The van der Waals surface area contributed by atoms with E-state index >= 15 is 8.78 Å². The molecule has 3 aromatic carbocycles. The summed E-state index contributed by atoms with van der Waals surface area (Å²) >= 11 is 3.59. The zero-order chi connectivity index (χ0) is 52.4. The molecule has 4 aliphatic heterocycles. The standard InChI is InChI=1S/C52H64BrF2N12O6P/c1-6-32-25-42(59-52-56-30-38(53)49(61-52)58-41-11-9-35-37(48(41)74(4,5)72)29-57-67(7-2)51(35)71)44(73-8-3)28-43(32)65-15-13-33(14-16-65)63-21-23-66(24-22-63)46(69)31-62-17-19-64(20-18-62)34-26-39(54)47(40(55)27-34)36-10-12-45(68)60-50(36)70/h9,11,25-30,33,36H,6-8,10,12-24,31H2,1-5H3,(H,60,68,70)(H2,56,58,59,61). The van der Waals surface area contributed by atoms with E-state index in [0.29, 0.717) is 108 Å². The minimum Gasteiger partial charge on any atom is -0.492 e.